The molecule has 0 saturated carbocycles. The minimum absolute atomic E-state index is 0.0193. The van der Waals surface area contributed by atoms with Gasteiger partial charge in [0.15, 0.2) is 0 Å². The molecule has 0 fully saturated rings. The number of aliphatic carboxylic acids is 1. The lowest BCUT2D eigenvalue weighted by molar-refractivity contribution is -0.135. The van der Waals surface area contributed by atoms with Crippen molar-refractivity contribution in [2.45, 2.75) is 6.42 Å². The summed E-state index contributed by atoms with van der Waals surface area (Å²) in [6.45, 7) is 0. The Kier molecular flexibility index (Phi) is 3.12. The molecular formula is C10H11NO3. The number of nitrogens with two attached hydrogens (primary N) is 1. The van der Waals surface area contributed by atoms with Crippen LogP contribution < -0.4 is 5.73 Å². The van der Waals surface area contributed by atoms with Crippen LogP contribution in [0.3, 0.4) is 0 Å². The number of benzene rings is 1. The van der Waals surface area contributed by atoms with Gasteiger partial charge in [0.2, 0.25) is 0 Å². The van der Waals surface area contributed by atoms with Gasteiger partial charge in [0.05, 0.1) is 12.1 Å². The lowest BCUT2D eigenvalue weighted by atomic mass is 10.1. The molecule has 0 amide bonds. The first kappa shape index (κ1) is 10.1. The van der Waals surface area contributed by atoms with Gasteiger partial charge in [0, 0.05) is 5.56 Å². The first-order valence-corrected chi connectivity index (χ1v) is 4.07. The predicted molar refractivity (Wildman–Crippen MR) is 53.8 cm³/mol. The SMILES string of the molecule is Nc1cccc(C=CCC(=O)O)c1O. The summed E-state index contributed by atoms with van der Waals surface area (Å²) in [4.78, 5) is 10.2. The van der Waals surface area contributed by atoms with Crippen molar-refractivity contribution in [1.29, 1.82) is 0 Å². The summed E-state index contributed by atoms with van der Waals surface area (Å²) >= 11 is 0. The average molecular weight is 193 g/mol. The second kappa shape index (κ2) is 4.32. The van der Waals surface area contributed by atoms with Gasteiger partial charge in [0.25, 0.3) is 0 Å². The number of anilines is 1. The third kappa shape index (κ3) is 2.52. The minimum atomic E-state index is -0.912. The van der Waals surface area contributed by atoms with Crippen LogP contribution in [0, 0.1) is 0 Å². The van der Waals surface area contributed by atoms with Crippen LogP contribution in [-0.2, 0) is 4.79 Å². The number of phenolic OH excluding ortho intramolecular Hbond substituents is 1. The number of carboxylic acids is 1. The van der Waals surface area contributed by atoms with Gasteiger partial charge in [-0.15, -0.1) is 0 Å². The van der Waals surface area contributed by atoms with Crippen LogP contribution in [-0.4, -0.2) is 16.2 Å². The molecule has 74 valence electrons. The van der Waals surface area contributed by atoms with Crippen molar-refractivity contribution in [2.24, 2.45) is 0 Å². The van der Waals surface area contributed by atoms with Crippen LogP contribution >= 0.6 is 0 Å². The van der Waals surface area contributed by atoms with Crippen molar-refractivity contribution in [3.63, 3.8) is 0 Å². The van der Waals surface area contributed by atoms with E-state index in [9.17, 15) is 9.90 Å². The van der Waals surface area contributed by atoms with Crippen molar-refractivity contribution >= 4 is 17.7 Å². The number of nitrogen functional groups attached to an aromatic ring is 1. The first-order valence-electron chi connectivity index (χ1n) is 4.07. The van der Waals surface area contributed by atoms with Gasteiger partial charge in [-0.2, -0.15) is 0 Å². The van der Waals surface area contributed by atoms with Crippen LogP contribution in [0.2, 0.25) is 0 Å². The highest BCUT2D eigenvalue weighted by atomic mass is 16.4. The van der Waals surface area contributed by atoms with E-state index in [1.165, 1.54) is 12.2 Å². The van der Waals surface area contributed by atoms with Crippen molar-refractivity contribution in [2.75, 3.05) is 5.73 Å². The molecule has 1 aromatic rings. The molecule has 4 N–H and O–H groups in total. The van der Waals surface area contributed by atoms with Gasteiger partial charge in [-0.3, -0.25) is 4.79 Å². The zero-order valence-corrected chi connectivity index (χ0v) is 7.47. The van der Waals surface area contributed by atoms with Crippen LogP contribution in [0.5, 0.6) is 5.75 Å². The van der Waals surface area contributed by atoms with E-state index >= 15 is 0 Å². The standard InChI is InChI=1S/C10H11NO3/c11-8-5-1-3-7(10(8)14)4-2-6-9(12)13/h1-5,14H,6,11H2,(H,12,13). The van der Waals surface area contributed by atoms with E-state index in [0.717, 1.165) is 0 Å². The number of carboxylic acid groups (broad SMARTS) is 1. The van der Waals surface area contributed by atoms with E-state index in [4.69, 9.17) is 10.8 Å². The summed E-state index contributed by atoms with van der Waals surface area (Å²) in [6, 6.07) is 4.92. The fraction of sp³-hybridized carbons (Fsp3) is 0.100. The molecule has 0 bridgehead atoms. The van der Waals surface area contributed by atoms with Gasteiger partial charge >= 0.3 is 5.97 Å². The number of carbonyl (C=O) groups is 1. The zero-order chi connectivity index (χ0) is 10.6. The van der Waals surface area contributed by atoms with Crippen molar-refractivity contribution in [1.82, 2.24) is 0 Å². The molecule has 0 aliphatic heterocycles. The molecule has 0 aromatic heterocycles. The molecule has 0 spiro atoms. The van der Waals surface area contributed by atoms with E-state index in [0.29, 0.717) is 5.56 Å². The highest BCUT2D eigenvalue weighted by molar-refractivity contribution is 5.72. The van der Waals surface area contributed by atoms with Gasteiger partial charge in [0.1, 0.15) is 5.75 Å². The van der Waals surface area contributed by atoms with Crippen LogP contribution in [0.4, 0.5) is 5.69 Å². The first-order chi connectivity index (χ1) is 6.61. The summed E-state index contributed by atoms with van der Waals surface area (Å²) in [7, 11) is 0. The fourth-order valence-electron chi connectivity index (χ4n) is 1.00. The second-order valence-electron chi connectivity index (χ2n) is 2.79. The normalized spacial score (nSPS) is 10.6. The number of para-hydroxylation sites is 1. The number of rotatable bonds is 3. The van der Waals surface area contributed by atoms with Crippen LogP contribution in [0.15, 0.2) is 24.3 Å². The summed E-state index contributed by atoms with van der Waals surface area (Å²) in [6.07, 6.45) is 2.91. The van der Waals surface area contributed by atoms with Crippen molar-refractivity contribution in [3.8, 4) is 5.75 Å². The predicted octanol–water partition coefficient (Wildman–Crippen LogP) is 1.46. The Balaban J connectivity index is 2.81. The van der Waals surface area contributed by atoms with Crippen molar-refractivity contribution in [3.05, 3.63) is 29.8 Å². The minimum Gasteiger partial charge on any atom is -0.505 e. The van der Waals surface area contributed by atoms with E-state index in [-0.39, 0.29) is 17.9 Å². The Morgan fingerprint density at radius 3 is 2.86 bits per heavy atom. The Labute approximate surface area is 81.3 Å². The van der Waals surface area contributed by atoms with Crippen LogP contribution in [0.1, 0.15) is 12.0 Å². The molecule has 14 heavy (non-hydrogen) atoms. The van der Waals surface area contributed by atoms with Crippen LogP contribution in [0.25, 0.3) is 6.08 Å². The molecule has 1 aromatic carbocycles. The summed E-state index contributed by atoms with van der Waals surface area (Å²) in [5.74, 6) is -0.932. The number of hydrogen-bond donors (Lipinski definition) is 3. The van der Waals surface area contributed by atoms with Gasteiger partial charge in [-0.25, -0.2) is 0 Å². The highest BCUT2D eigenvalue weighted by Crippen LogP contribution is 2.25. The lowest BCUT2D eigenvalue weighted by Crippen LogP contribution is -1.90. The third-order valence-corrected chi connectivity index (χ3v) is 1.69. The molecule has 0 aliphatic rings. The molecule has 4 heteroatoms. The number of phenols is 1. The molecule has 0 radical (unpaired) electrons. The molecule has 0 atom stereocenters. The highest BCUT2D eigenvalue weighted by Gasteiger charge is 2.00. The van der Waals surface area contributed by atoms with Gasteiger partial charge in [-0.1, -0.05) is 24.3 Å². The molecule has 0 unspecified atom stereocenters. The smallest absolute Gasteiger partial charge is 0.307 e. The van der Waals surface area contributed by atoms with E-state index in [1.54, 1.807) is 18.2 Å². The Bertz CT molecular complexity index is 372. The topological polar surface area (TPSA) is 83.6 Å². The summed E-state index contributed by atoms with van der Waals surface area (Å²) in [5, 5.41) is 17.8. The molecule has 0 saturated heterocycles. The molecule has 0 aliphatic carbocycles. The van der Waals surface area contributed by atoms with E-state index in [1.807, 2.05) is 0 Å². The Morgan fingerprint density at radius 2 is 2.21 bits per heavy atom. The average Bonchev–Trinajstić information content (AvgIpc) is 2.12. The maximum Gasteiger partial charge on any atom is 0.307 e. The molecular weight excluding hydrogens is 182 g/mol. The van der Waals surface area contributed by atoms with E-state index < -0.39 is 5.97 Å². The van der Waals surface area contributed by atoms with Gasteiger partial charge in [-0.05, 0) is 6.07 Å². The molecule has 1 rings (SSSR count). The second-order valence-corrected chi connectivity index (χ2v) is 2.79. The van der Waals surface area contributed by atoms with E-state index in [2.05, 4.69) is 0 Å². The Morgan fingerprint density at radius 1 is 1.50 bits per heavy atom. The molecule has 4 nitrogen and oxygen atoms in total. The van der Waals surface area contributed by atoms with Crippen molar-refractivity contribution < 1.29 is 15.0 Å². The maximum absolute atomic E-state index is 10.2. The van der Waals surface area contributed by atoms with Gasteiger partial charge < -0.3 is 15.9 Å². The summed E-state index contributed by atoms with van der Waals surface area (Å²) < 4.78 is 0. The number of aromatic hydroxyl groups is 1. The maximum atomic E-state index is 10.2. The Hall–Kier alpha value is -1.97. The quantitative estimate of drug-likeness (QED) is 0.501. The third-order valence-electron chi connectivity index (χ3n) is 1.69. The summed E-state index contributed by atoms with van der Waals surface area (Å²) in [5.41, 5.74) is 6.25. The molecule has 0 heterocycles. The fourth-order valence-corrected chi connectivity index (χ4v) is 1.00. The lowest BCUT2D eigenvalue weighted by Gasteiger charge is -2.01. The monoisotopic (exact) mass is 193 g/mol. The number of hydrogen-bond acceptors (Lipinski definition) is 3. The largest absolute Gasteiger partial charge is 0.505 e. The zero-order valence-electron chi connectivity index (χ0n) is 7.47.